The smallest absolute Gasteiger partial charge is 0.0980 e. The summed E-state index contributed by atoms with van der Waals surface area (Å²) in [5.74, 6) is 0. The number of allylic oxidation sites excluding steroid dienone is 1. The molecule has 3 heteroatoms. The first-order valence-electron chi connectivity index (χ1n) is 5.17. The number of ether oxygens (including phenoxy) is 2. The highest BCUT2D eigenvalue weighted by atomic mass is 16.5. The van der Waals surface area contributed by atoms with Gasteiger partial charge in [-0.25, -0.2) is 0 Å². The summed E-state index contributed by atoms with van der Waals surface area (Å²) < 4.78 is 10.7. The molecule has 0 aromatic rings. The Kier molecular flexibility index (Phi) is 4.58. The van der Waals surface area contributed by atoms with E-state index >= 15 is 0 Å². The van der Waals surface area contributed by atoms with E-state index < -0.39 is 6.10 Å². The predicted octanol–water partition coefficient (Wildman–Crippen LogP) is 1.51. The van der Waals surface area contributed by atoms with Crippen molar-refractivity contribution in [2.45, 2.75) is 37.4 Å². The van der Waals surface area contributed by atoms with Crippen LogP contribution in [0.5, 0.6) is 0 Å². The number of hydrogen-bond donors (Lipinski definition) is 1. The highest BCUT2D eigenvalue weighted by Gasteiger charge is 2.39. The van der Waals surface area contributed by atoms with Crippen LogP contribution in [0.15, 0.2) is 12.7 Å². The van der Waals surface area contributed by atoms with Crippen molar-refractivity contribution in [1.82, 2.24) is 0 Å². The normalized spacial score (nSPS) is 23.0. The monoisotopic (exact) mass is 200 g/mol. The molecule has 1 aliphatic rings. The molecule has 14 heavy (non-hydrogen) atoms. The van der Waals surface area contributed by atoms with Gasteiger partial charge in [0.1, 0.15) is 0 Å². The average Bonchev–Trinajstić information content (AvgIpc) is 2.26. The van der Waals surface area contributed by atoms with Gasteiger partial charge in [0.05, 0.1) is 11.7 Å². The first-order valence-corrected chi connectivity index (χ1v) is 5.17. The van der Waals surface area contributed by atoms with E-state index in [1.165, 1.54) is 0 Å². The van der Waals surface area contributed by atoms with Gasteiger partial charge in [0.15, 0.2) is 0 Å². The fourth-order valence-electron chi connectivity index (χ4n) is 1.93. The standard InChI is InChI=1S/C11H20O3/c1-3-4-5-10(12)11(13-2)6-8-14-9-7-11/h3,10,12H,1,4-9H2,2H3. The number of aliphatic hydroxyl groups excluding tert-OH is 1. The van der Waals surface area contributed by atoms with E-state index in [0.29, 0.717) is 13.2 Å². The SMILES string of the molecule is C=CCCC(O)C1(OC)CCOCC1. The van der Waals surface area contributed by atoms with Crippen LogP contribution in [0.1, 0.15) is 25.7 Å². The lowest BCUT2D eigenvalue weighted by molar-refractivity contribution is -0.153. The molecule has 0 saturated carbocycles. The lowest BCUT2D eigenvalue weighted by Crippen LogP contribution is -2.48. The number of methoxy groups -OCH3 is 1. The molecule has 0 aliphatic carbocycles. The summed E-state index contributed by atoms with van der Waals surface area (Å²) in [6.45, 7) is 5.01. The predicted molar refractivity (Wildman–Crippen MR) is 55.2 cm³/mol. The second-order valence-electron chi connectivity index (χ2n) is 3.76. The topological polar surface area (TPSA) is 38.7 Å². The Bertz CT molecular complexity index is 173. The molecule has 0 spiro atoms. The van der Waals surface area contributed by atoms with Crippen LogP contribution in [0.4, 0.5) is 0 Å². The van der Waals surface area contributed by atoms with E-state index in [-0.39, 0.29) is 5.60 Å². The maximum Gasteiger partial charge on any atom is 0.0980 e. The molecule has 0 amide bonds. The molecule has 0 aromatic heterocycles. The fraction of sp³-hybridized carbons (Fsp3) is 0.818. The number of aliphatic hydroxyl groups is 1. The summed E-state index contributed by atoms with van der Waals surface area (Å²) in [5.41, 5.74) is -0.388. The molecule has 1 heterocycles. The van der Waals surface area contributed by atoms with Crippen LogP contribution >= 0.6 is 0 Å². The Balaban J connectivity index is 2.52. The summed E-state index contributed by atoms with van der Waals surface area (Å²) in [7, 11) is 1.67. The van der Waals surface area contributed by atoms with Gasteiger partial charge in [-0.1, -0.05) is 6.08 Å². The Morgan fingerprint density at radius 2 is 2.21 bits per heavy atom. The Labute approximate surface area is 85.7 Å². The summed E-state index contributed by atoms with van der Waals surface area (Å²) in [6.07, 6.45) is 4.52. The van der Waals surface area contributed by atoms with Crippen LogP contribution in [0.2, 0.25) is 0 Å². The van der Waals surface area contributed by atoms with Gasteiger partial charge in [-0.05, 0) is 12.8 Å². The zero-order valence-electron chi connectivity index (χ0n) is 8.87. The minimum Gasteiger partial charge on any atom is -0.390 e. The van der Waals surface area contributed by atoms with Crippen LogP contribution in [-0.2, 0) is 9.47 Å². The van der Waals surface area contributed by atoms with Gasteiger partial charge in [-0.3, -0.25) is 0 Å². The van der Waals surface area contributed by atoms with Crippen molar-refractivity contribution < 1.29 is 14.6 Å². The lowest BCUT2D eigenvalue weighted by Gasteiger charge is -2.39. The van der Waals surface area contributed by atoms with Crippen molar-refractivity contribution in [2.24, 2.45) is 0 Å². The molecule has 3 nitrogen and oxygen atoms in total. The van der Waals surface area contributed by atoms with Crippen LogP contribution in [0.3, 0.4) is 0 Å². The van der Waals surface area contributed by atoms with Crippen molar-refractivity contribution >= 4 is 0 Å². The van der Waals surface area contributed by atoms with Crippen LogP contribution in [-0.4, -0.2) is 37.1 Å². The van der Waals surface area contributed by atoms with E-state index in [4.69, 9.17) is 9.47 Å². The van der Waals surface area contributed by atoms with E-state index in [0.717, 1.165) is 25.7 Å². The maximum atomic E-state index is 10.0. The fourth-order valence-corrected chi connectivity index (χ4v) is 1.93. The summed E-state index contributed by atoms with van der Waals surface area (Å²) in [6, 6.07) is 0. The number of rotatable bonds is 5. The molecule has 1 atom stereocenters. The molecule has 82 valence electrons. The van der Waals surface area contributed by atoms with Gasteiger partial charge in [-0.2, -0.15) is 0 Å². The van der Waals surface area contributed by atoms with Crippen molar-refractivity contribution in [3.05, 3.63) is 12.7 Å². The Hall–Kier alpha value is -0.380. The van der Waals surface area contributed by atoms with Crippen LogP contribution < -0.4 is 0 Å². The molecule has 1 aliphatic heterocycles. The van der Waals surface area contributed by atoms with Crippen molar-refractivity contribution in [1.29, 1.82) is 0 Å². The van der Waals surface area contributed by atoms with E-state index in [2.05, 4.69) is 6.58 Å². The summed E-state index contributed by atoms with van der Waals surface area (Å²) >= 11 is 0. The largest absolute Gasteiger partial charge is 0.390 e. The minimum atomic E-state index is -0.408. The van der Waals surface area contributed by atoms with Gasteiger partial charge in [-0.15, -0.1) is 6.58 Å². The Morgan fingerprint density at radius 3 is 2.71 bits per heavy atom. The van der Waals surface area contributed by atoms with Gasteiger partial charge >= 0.3 is 0 Å². The molecule has 0 bridgehead atoms. The molecular weight excluding hydrogens is 180 g/mol. The molecule has 1 N–H and O–H groups in total. The van der Waals surface area contributed by atoms with Crippen LogP contribution in [0, 0.1) is 0 Å². The third-order valence-corrected chi connectivity index (χ3v) is 3.00. The highest BCUT2D eigenvalue weighted by molar-refractivity contribution is 4.91. The van der Waals surface area contributed by atoms with E-state index in [1.807, 2.05) is 6.08 Å². The molecular formula is C11H20O3. The third-order valence-electron chi connectivity index (χ3n) is 3.00. The lowest BCUT2D eigenvalue weighted by atomic mass is 9.85. The first-order chi connectivity index (χ1) is 6.75. The highest BCUT2D eigenvalue weighted by Crippen LogP contribution is 2.30. The number of hydrogen-bond acceptors (Lipinski definition) is 3. The van der Waals surface area contributed by atoms with Gasteiger partial charge in [0, 0.05) is 33.2 Å². The second-order valence-corrected chi connectivity index (χ2v) is 3.76. The molecule has 1 unspecified atom stereocenters. The Morgan fingerprint density at radius 1 is 1.57 bits per heavy atom. The summed E-state index contributed by atoms with van der Waals surface area (Å²) in [4.78, 5) is 0. The quantitative estimate of drug-likeness (QED) is 0.684. The van der Waals surface area contributed by atoms with Crippen molar-refractivity contribution in [2.75, 3.05) is 20.3 Å². The molecule has 1 saturated heterocycles. The van der Waals surface area contributed by atoms with E-state index in [9.17, 15) is 5.11 Å². The first kappa shape index (κ1) is 11.7. The average molecular weight is 200 g/mol. The minimum absolute atomic E-state index is 0.388. The maximum absolute atomic E-state index is 10.0. The second kappa shape index (κ2) is 5.49. The van der Waals surface area contributed by atoms with E-state index in [1.54, 1.807) is 7.11 Å². The molecule has 1 rings (SSSR count). The van der Waals surface area contributed by atoms with Gasteiger partial charge in [0.25, 0.3) is 0 Å². The van der Waals surface area contributed by atoms with Crippen molar-refractivity contribution in [3.63, 3.8) is 0 Å². The molecule has 1 fully saturated rings. The zero-order chi connectivity index (χ0) is 10.4. The van der Waals surface area contributed by atoms with Crippen LogP contribution in [0.25, 0.3) is 0 Å². The van der Waals surface area contributed by atoms with Gasteiger partial charge in [0.2, 0.25) is 0 Å². The van der Waals surface area contributed by atoms with Crippen molar-refractivity contribution in [3.8, 4) is 0 Å². The third kappa shape index (κ3) is 2.56. The molecule has 0 radical (unpaired) electrons. The molecule has 0 aromatic carbocycles. The van der Waals surface area contributed by atoms with Gasteiger partial charge < -0.3 is 14.6 Å². The zero-order valence-corrected chi connectivity index (χ0v) is 8.87. The summed E-state index contributed by atoms with van der Waals surface area (Å²) in [5, 5.41) is 10.0.